The van der Waals surface area contributed by atoms with E-state index in [1.807, 2.05) is 7.05 Å². The lowest BCUT2D eigenvalue weighted by atomic mass is 10.1. The molecule has 1 fully saturated rings. The van der Waals surface area contributed by atoms with Crippen molar-refractivity contribution in [1.82, 2.24) is 25.1 Å². The Balaban J connectivity index is 1.79. The highest BCUT2D eigenvalue weighted by molar-refractivity contribution is 5.23. The quantitative estimate of drug-likeness (QED) is 0.807. The Labute approximate surface area is 96.0 Å². The average molecular weight is 224 g/mol. The smallest absolute Gasteiger partial charge is 0.242 e. The van der Waals surface area contributed by atoms with Crippen molar-refractivity contribution in [2.75, 3.05) is 25.0 Å². The first-order chi connectivity index (χ1) is 7.79. The van der Waals surface area contributed by atoms with Crippen LogP contribution in [-0.4, -0.2) is 50.8 Å². The number of piperidine rings is 1. The topological polar surface area (TPSA) is 58.9 Å². The van der Waals surface area contributed by atoms with Crippen molar-refractivity contribution in [3.05, 3.63) is 0 Å². The monoisotopic (exact) mass is 224 g/mol. The Hall–Kier alpha value is -1.17. The van der Waals surface area contributed by atoms with Crippen molar-refractivity contribution >= 4 is 5.95 Å². The molecule has 1 saturated heterocycles. The van der Waals surface area contributed by atoms with Gasteiger partial charge in [0, 0.05) is 26.2 Å². The number of hydrogen-bond acceptors (Lipinski definition) is 5. The normalized spacial score (nSPS) is 18.9. The molecule has 0 aromatic carbocycles. The highest BCUT2D eigenvalue weighted by Crippen LogP contribution is 2.14. The summed E-state index contributed by atoms with van der Waals surface area (Å²) in [5, 5.41) is 14.8. The van der Waals surface area contributed by atoms with Crippen molar-refractivity contribution in [3.63, 3.8) is 0 Å². The maximum absolute atomic E-state index is 3.94. The molecule has 6 heteroatoms. The van der Waals surface area contributed by atoms with E-state index in [1.54, 1.807) is 4.68 Å². The SMILES string of the molecule is CCCN1CCC(Nc2nnnn2C)CC1. The molecular formula is C10H20N6. The van der Waals surface area contributed by atoms with E-state index >= 15 is 0 Å². The van der Waals surface area contributed by atoms with E-state index in [2.05, 4.69) is 32.7 Å². The minimum absolute atomic E-state index is 0.512. The van der Waals surface area contributed by atoms with Gasteiger partial charge in [0.15, 0.2) is 0 Å². The predicted molar refractivity (Wildman–Crippen MR) is 62.2 cm³/mol. The minimum atomic E-state index is 0.512. The van der Waals surface area contributed by atoms with Gasteiger partial charge in [-0.25, -0.2) is 4.68 Å². The third kappa shape index (κ3) is 2.69. The van der Waals surface area contributed by atoms with Gasteiger partial charge in [-0.1, -0.05) is 12.0 Å². The molecule has 0 saturated carbocycles. The summed E-state index contributed by atoms with van der Waals surface area (Å²) in [6.07, 6.45) is 3.59. The minimum Gasteiger partial charge on any atom is -0.350 e. The third-order valence-corrected chi connectivity index (χ3v) is 3.08. The lowest BCUT2D eigenvalue weighted by Gasteiger charge is -2.31. The summed E-state index contributed by atoms with van der Waals surface area (Å²) < 4.78 is 1.68. The van der Waals surface area contributed by atoms with Crippen molar-refractivity contribution in [3.8, 4) is 0 Å². The number of aryl methyl sites for hydroxylation is 1. The average Bonchev–Trinajstić information content (AvgIpc) is 2.68. The van der Waals surface area contributed by atoms with E-state index in [4.69, 9.17) is 0 Å². The van der Waals surface area contributed by atoms with Crippen molar-refractivity contribution < 1.29 is 0 Å². The maximum atomic E-state index is 3.94. The maximum Gasteiger partial charge on any atom is 0.242 e. The summed E-state index contributed by atoms with van der Waals surface area (Å²) in [5.74, 6) is 0.772. The van der Waals surface area contributed by atoms with Gasteiger partial charge in [-0.3, -0.25) is 0 Å². The summed E-state index contributed by atoms with van der Waals surface area (Å²) >= 11 is 0. The van der Waals surface area contributed by atoms with Gasteiger partial charge < -0.3 is 10.2 Å². The van der Waals surface area contributed by atoms with Crippen molar-refractivity contribution in [2.45, 2.75) is 32.2 Å². The molecule has 0 bridgehead atoms. The zero-order valence-corrected chi connectivity index (χ0v) is 10.1. The van der Waals surface area contributed by atoms with Crippen LogP contribution in [0.5, 0.6) is 0 Å². The summed E-state index contributed by atoms with van der Waals surface area (Å²) in [6.45, 7) is 5.81. The standard InChI is InChI=1S/C10H20N6/c1-3-6-16-7-4-9(5-8-16)11-10-12-13-14-15(10)2/h9H,3-8H2,1-2H3,(H,11,12,14). The number of nitrogens with one attached hydrogen (secondary N) is 1. The molecule has 0 atom stereocenters. The highest BCUT2D eigenvalue weighted by atomic mass is 15.6. The summed E-state index contributed by atoms with van der Waals surface area (Å²) in [4.78, 5) is 2.52. The molecule has 16 heavy (non-hydrogen) atoms. The Morgan fingerprint density at radius 3 is 2.69 bits per heavy atom. The molecule has 0 unspecified atom stereocenters. The summed E-state index contributed by atoms with van der Waals surface area (Å²) in [6, 6.07) is 0.512. The summed E-state index contributed by atoms with van der Waals surface area (Å²) in [7, 11) is 1.86. The van der Waals surface area contributed by atoms with Gasteiger partial charge in [-0.15, -0.1) is 0 Å². The number of likely N-dealkylation sites (tertiary alicyclic amines) is 1. The van der Waals surface area contributed by atoms with Crippen LogP contribution in [0.1, 0.15) is 26.2 Å². The molecule has 1 aliphatic rings. The number of tetrazole rings is 1. The molecule has 1 aliphatic heterocycles. The molecule has 2 rings (SSSR count). The van der Waals surface area contributed by atoms with Crippen LogP contribution >= 0.6 is 0 Å². The van der Waals surface area contributed by atoms with Crippen molar-refractivity contribution in [1.29, 1.82) is 0 Å². The fourth-order valence-corrected chi connectivity index (χ4v) is 2.15. The van der Waals surface area contributed by atoms with E-state index in [-0.39, 0.29) is 0 Å². The Bertz CT molecular complexity index is 315. The second-order valence-electron chi connectivity index (χ2n) is 4.39. The van der Waals surface area contributed by atoms with Crippen LogP contribution in [0.2, 0.25) is 0 Å². The third-order valence-electron chi connectivity index (χ3n) is 3.08. The molecule has 90 valence electrons. The number of nitrogens with zero attached hydrogens (tertiary/aromatic N) is 5. The zero-order valence-electron chi connectivity index (χ0n) is 10.1. The zero-order chi connectivity index (χ0) is 11.4. The van der Waals surface area contributed by atoms with Gasteiger partial charge in [0.25, 0.3) is 0 Å². The number of aromatic nitrogens is 4. The first kappa shape index (κ1) is 11.3. The highest BCUT2D eigenvalue weighted by Gasteiger charge is 2.19. The van der Waals surface area contributed by atoms with E-state index in [0.29, 0.717) is 6.04 Å². The summed E-state index contributed by atoms with van der Waals surface area (Å²) in [5.41, 5.74) is 0. The van der Waals surface area contributed by atoms with Gasteiger partial charge in [-0.2, -0.15) is 0 Å². The fraction of sp³-hybridized carbons (Fsp3) is 0.900. The predicted octanol–water partition coefficient (Wildman–Crippen LogP) is 0.496. The van der Waals surface area contributed by atoms with Gasteiger partial charge in [0.2, 0.25) is 5.95 Å². The molecule has 1 aromatic rings. The van der Waals surface area contributed by atoms with Crippen LogP contribution in [0, 0.1) is 0 Å². The lowest BCUT2D eigenvalue weighted by molar-refractivity contribution is 0.219. The van der Waals surface area contributed by atoms with Crippen molar-refractivity contribution in [2.24, 2.45) is 7.05 Å². The number of rotatable bonds is 4. The number of anilines is 1. The first-order valence-electron chi connectivity index (χ1n) is 6.01. The van der Waals surface area contributed by atoms with Crippen LogP contribution in [0.4, 0.5) is 5.95 Å². The molecule has 0 radical (unpaired) electrons. The van der Waals surface area contributed by atoms with Crippen LogP contribution in [0.3, 0.4) is 0 Å². The van der Waals surface area contributed by atoms with Crippen LogP contribution < -0.4 is 5.32 Å². The Kier molecular flexibility index (Phi) is 3.71. The van der Waals surface area contributed by atoms with E-state index in [1.165, 1.54) is 38.9 Å². The van der Waals surface area contributed by atoms with E-state index < -0.39 is 0 Å². The second kappa shape index (κ2) is 5.25. The number of hydrogen-bond donors (Lipinski definition) is 1. The molecule has 0 spiro atoms. The van der Waals surface area contributed by atoms with Gasteiger partial charge in [0.1, 0.15) is 0 Å². The molecule has 2 heterocycles. The van der Waals surface area contributed by atoms with Gasteiger partial charge >= 0.3 is 0 Å². The molecule has 1 aromatic heterocycles. The van der Waals surface area contributed by atoms with Gasteiger partial charge in [0.05, 0.1) is 0 Å². The fourth-order valence-electron chi connectivity index (χ4n) is 2.15. The molecule has 6 nitrogen and oxygen atoms in total. The Morgan fingerprint density at radius 2 is 2.12 bits per heavy atom. The molecule has 0 aliphatic carbocycles. The van der Waals surface area contributed by atoms with Crippen LogP contribution in [-0.2, 0) is 7.05 Å². The first-order valence-corrected chi connectivity index (χ1v) is 6.01. The largest absolute Gasteiger partial charge is 0.350 e. The van der Waals surface area contributed by atoms with E-state index in [0.717, 1.165) is 5.95 Å². The lowest BCUT2D eigenvalue weighted by Crippen LogP contribution is -2.39. The molecular weight excluding hydrogens is 204 g/mol. The van der Waals surface area contributed by atoms with Crippen LogP contribution in [0.25, 0.3) is 0 Å². The van der Waals surface area contributed by atoms with Crippen LogP contribution in [0.15, 0.2) is 0 Å². The molecule has 0 amide bonds. The Morgan fingerprint density at radius 1 is 1.38 bits per heavy atom. The van der Waals surface area contributed by atoms with E-state index in [9.17, 15) is 0 Å². The second-order valence-corrected chi connectivity index (χ2v) is 4.39. The van der Waals surface area contributed by atoms with Gasteiger partial charge in [-0.05, 0) is 36.2 Å². The molecule has 1 N–H and O–H groups in total.